The van der Waals surface area contributed by atoms with Crippen molar-refractivity contribution in [3.05, 3.63) is 388 Å². The number of imidazole rings is 1. The molecule has 2 aromatic heterocycles. The molecule has 18 nitrogen and oxygen atoms in total. The number of pyridine rings is 1. The van der Waals surface area contributed by atoms with E-state index in [0.717, 1.165) is 141 Å². The molecular weight excluding hydrogens is 2930 g/mol. The van der Waals surface area contributed by atoms with Gasteiger partial charge in [-0.15, -0.1) is 179 Å². The zero-order chi connectivity index (χ0) is 87.3. The molecule has 0 saturated heterocycles. The van der Waals surface area contributed by atoms with Crippen molar-refractivity contribution in [1.29, 1.82) is 0 Å². The first-order valence-electron chi connectivity index (χ1n) is 38.6. The Labute approximate surface area is 843 Å². The largest absolute Gasteiger partial charge is 0.477 e. The molecule has 0 fully saturated rings. The van der Waals surface area contributed by atoms with Crippen molar-refractivity contribution in [3.8, 4) is 17.1 Å². The summed E-state index contributed by atoms with van der Waals surface area (Å²) >= 11 is 0. The molecule has 0 amide bonds. The minimum Gasteiger partial charge on any atom is -0.477 e. The van der Waals surface area contributed by atoms with Crippen LogP contribution in [0.2, 0.25) is 0 Å². The summed E-state index contributed by atoms with van der Waals surface area (Å²) in [5.41, 5.74) is 5.53. The van der Waals surface area contributed by atoms with Gasteiger partial charge in [0.05, 0.1) is 18.2 Å². The molecule has 1 N–H and O–H groups in total. The molecule has 693 valence electrons. The van der Waals surface area contributed by atoms with Gasteiger partial charge in [0.2, 0.25) is 0 Å². The average molecular weight is 3010 g/mol. The molecule has 8 heterocycles. The number of alkyl halides is 6. The molecule has 10 aromatic carbocycles. The topological polar surface area (TPSA) is 166 Å². The molecule has 7 radical (unpaired) electrons. The van der Waals surface area contributed by atoms with Crippen molar-refractivity contribution in [2.75, 3.05) is 112 Å². The summed E-state index contributed by atoms with van der Waals surface area (Å²) in [5.74, 6) is 1.57. The second-order valence-corrected chi connectivity index (χ2v) is 27.5. The van der Waals surface area contributed by atoms with E-state index >= 15 is 0 Å². The zero-order valence-electron chi connectivity index (χ0n) is 69.6. The fourth-order valence-electron chi connectivity index (χ4n) is 12.8. The van der Waals surface area contributed by atoms with Gasteiger partial charge in [-0.05, 0) is 81.3 Å². The molecule has 0 spiro atoms. The Hall–Kier alpha value is -9.81. The van der Waals surface area contributed by atoms with Gasteiger partial charge in [0.1, 0.15) is 11.4 Å². The molecule has 0 saturated carbocycles. The molecular formula is C95H81F10Ir7N16O2-7. The van der Waals surface area contributed by atoms with Crippen LogP contribution in [-0.2, 0) is 160 Å². The first-order valence-corrected chi connectivity index (χ1v) is 38.6. The van der Waals surface area contributed by atoms with Crippen LogP contribution in [-0.4, -0.2) is 192 Å². The number of amidine groups is 6. The van der Waals surface area contributed by atoms with Crippen molar-refractivity contribution in [3.63, 3.8) is 0 Å². The zero-order valence-corrected chi connectivity index (χ0v) is 86.3. The van der Waals surface area contributed by atoms with E-state index in [9.17, 15) is 48.7 Å². The summed E-state index contributed by atoms with van der Waals surface area (Å²) < 4.78 is 130. The van der Waals surface area contributed by atoms with Crippen LogP contribution in [0.4, 0.5) is 55.3 Å². The van der Waals surface area contributed by atoms with E-state index in [-0.39, 0.29) is 175 Å². The van der Waals surface area contributed by atoms with Crippen molar-refractivity contribution in [1.82, 2.24) is 39.0 Å². The second kappa shape index (κ2) is 56.2. The standard InChI is InChI=1S/C16H15N2.C15H9F2N2.C15H13N2.C12H9F6N2.C11H10N3.C10H9F2N2.C10H11N2.C6H5NO2.7Ir/c1-3-7-14(8-4-1)13-18-12-11-17-16(18)15-9-5-2-6-10-15;16-11-6-7-13(14(17)10-11)15-18-8-9-19(15)12-4-2-1-3-5-12;1-3-7-13(8-4-1)15-16-11-12-17(15)14-9-5-2-6-10-14;1-20-3-2-19-10(20)7-4-8(11(13,14)15)6-9(5-7)12(16,17)18;1-12-10-5-3-4-9(8-10)11-13-6-7-14(11)2;1-14-5-4-13-10(14)8-3-2-7(11)6-9(8)12;1-12-8-7-11-10(12)9-5-3-2-4-6-9;8-6(9)5-3-1-2-4-7-5;;;;;;;/h1-9H,11-13H2;1-6,8-10H;1-7,9-10H,11-12H2;4,6H,2-3H2,1H3;3,5,8H,6-7H2,2H3;2,6H,4-5H2,1H3;2-5H,7-8H2,1H3;1-4H,(H,8,9);;;;;;;/q7*-1;;;;;;;;. The molecule has 0 aliphatic carbocycles. The van der Waals surface area contributed by atoms with E-state index in [1.54, 1.807) is 48.3 Å². The third-order valence-corrected chi connectivity index (χ3v) is 18.8. The van der Waals surface area contributed by atoms with E-state index in [1.165, 1.54) is 28.4 Å². The monoisotopic (exact) mass is 3020 g/mol. The van der Waals surface area contributed by atoms with Crippen LogP contribution >= 0.6 is 0 Å². The molecule has 0 unspecified atom stereocenters. The number of nitrogens with zero attached hydrogens (tertiary/aromatic N) is 16. The van der Waals surface area contributed by atoms with Gasteiger partial charge in [-0.25, -0.2) is 9.78 Å². The number of aromatic nitrogens is 3. The number of benzene rings is 10. The van der Waals surface area contributed by atoms with E-state index in [0.29, 0.717) is 43.0 Å². The van der Waals surface area contributed by atoms with Gasteiger partial charge >= 0.3 is 18.3 Å². The maximum atomic E-state index is 13.8. The Kier molecular flexibility index (Phi) is 48.6. The van der Waals surface area contributed by atoms with E-state index in [1.807, 2.05) is 134 Å². The summed E-state index contributed by atoms with van der Waals surface area (Å²) in [4.78, 5) is 59.3. The summed E-state index contributed by atoms with van der Waals surface area (Å²) in [6.45, 7) is 17.4. The van der Waals surface area contributed by atoms with Crippen molar-refractivity contribution < 1.29 is 195 Å². The van der Waals surface area contributed by atoms with Crippen LogP contribution in [0, 0.1) is 72.3 Å². The van der Waals surface area contributed by atoms with Crippen LogP contribution in [0.3, 0.4) is 0 Å². The minimum absolute atomic E-state index is 0. The SMILES string of the molecule is CN1CCN=C1c1[c-]c(C(F)(F)F)cc(C(F)(F)F)c1.CN1CCN=C1c1[c-]cc(F)cc1F.CN1CCN=C1c1[c-]cccc1.Fc1c[c-]c(-c2nccn2-c2ccccc2)c(F)c1.O=C(O)c1ccccn1.[C-]#[N+]c1cc[c-]c(C2=NCCN2C)c1.[Ir].[Ir].[Ir].[Ir].[Ir].[Ir].[Ir].[c-]1ccccc1C1=NCCN1Cc1ccccc1.[c-]1ccccc1C1=NCCN1c1ccccc1. The third kappa shape index (κ3) is 32.9. The molecule has 18 rings (SSSR count). The molecule has 6 aliphatic heterocycles. The molecule has 12 aromatic rings. The fraction of sp³-hybridized carbons (Fsp3) is 0.200. The van der Waals surface area contributed by atoms with E-state index in [4.69, 9.17) is 11.7 Å². The number of aromatic carboxylic acids is 1. The number of hydrogen-bond donors (Lipinski definition) is 1. The Morgan fingerprint density at radius 3 is 1.32 bits per heavy atom. The molecule has 0 atom stereocenters. The van der Waals surface area contributed by atoms with Gasteiger partial charge < -0.3 is 69.0 Å². The number of para-hydroxylation sites is 2. The number of hydrogen-bond acceptors (Lipinski definition) is 15. The number of rotatable bonds is 12. The van der Waals surface area contributed by atoms with Gasteiger partial charge in [0, 0.05) is 308 Å². The Morgan fingerprint density at radius 2 is 0.862 bits per heavy atom. The summed E-state index contributed by atoms with van der Waals surface area (Å²) in [7, 11) is 7.44. The number of likely N-dealkylation sites (N-methyl/N-ethyl adjacent to an activating group) is 4. The third-order valence-electron chi connectivity index (χ3n) is 18.8. The molecule has 130 heavy (non-hydrogen) atoms. The van der Waals surface area contributed by atoms with Crippen LogP contribution in [0.1, 0.15) is 60.6 Å². The van der Waals surface area contributed by atoms with Gasteiger partial charge in [-0.3, -0.25) is 27.4 Å². The van der Waals surface area contributed by atoms with Crippen molar-refractivity contribution in [2.45, 2.75) is 18.9 Å². The van der Waals surface area contributed by atoms with Gasteiger partial charge in [0.25, 0.3) is 0 Å². The summed E-state index contributed by atoms with van der Waals surface area (Å²) in [5, 5.41) is 8.32. The predicted molar refractivity (Wildman–Crippen MR) is 456 cm³/mol. The van der Waals surface area contributed by atoms with Crippen molar-refractivity contribution in [2.24, 2.45) is 30.0 Å². The Bertz CT molecular complexity index is 5690. The van der Waals surface area contributed by atoms with Gasteiger partial charge in [-0.1, -0.05) is 96.1 Å². The number of carboxylic acid groups (broad SMARTS) is 1. The van der Waals surface area contributed by atoms with Crippen LogP contribution in [0.5, 0.6) is 0 Å². The van der Waals surface area contributed by atoms with E-state index < -0.39 is 52.7 Å². The van der Waals surface area contributed by atoms with E-state index in [2.05, 4.69) is 168 Å². The minimum atomic E-state index is -4.90. The molecule has 35 heteroatoms. The number of aliphatic imine (C=N–C) groups is 6. The Morgan fingerprint density at radius 1 is 0.423 bits per heavy atom. The summed E-state index contributed by atoms with van der Waals surface area (Å²) in [6.07, 6.45) is -5.01. The fourth-order valence-corrected chi connectivity index (χ4v) is 12.8. The first kappa shape index (κ1) is 113. The molecule has 0 bridgehead atoms. The quantitative estimate of drug-likeness (QED) is 0.0919. The second-order valence-electron chi connectivity index (χ2n) is 27.5. The molecule has 6 aliphatic rings. The van der Waals surface area contributed by atoms with Crippen LogP contribution in [0.15, 0.2) is 285 Å². The normalized spacial score (nSPS) is 13.5. The smallest absolute Gasteiger partial charge is 0.399 e. The van der Waals surface area contributed by atoms with Gasteiger partial charge in [-0.2, -0.15) is 32.4 Å². The first-order chi connectivity index (χ1) is 59.4. The average Bonchev–Trinajstić information content (AvgIpc) is 1.10. The maximum Gasteiger partial charge on any atom is 0.399 e. The number of halogens is 10. The predicted octanol–water partition coefficient (Wildman–Crippen LogP) is 17.5. The number of carbonyl (C=O) groups is 1. The maximum absolute atomic E-state index is 13.8. The van der Waals surface area contributed by atoms with Gasteiger partial charge in [0.15, 0.2) is 0 Å². The van der Waals surface area contributed by atoms with Crippen molar-refractivity contribution >= 4 is 52.4 Å². The van der Waals surface area contributed by atoms with Crippen LogP contribution < -0.4 is 4.90 Å². The number of anilines is 1. The Balaban J connectivity index is 0.000000311. The summed E-state index contributed by atoms with van der Waals surface area (Å²) in [6, 6.07) is 88.9. The number of carboxylic acids is 1. The van der Waals surface area contributed by atoms with Crippen LogP contribution in [0.25, 0.3) is 21.9 Å².